The molecule has 6 fully saturated rings. The molecule has 1 aromatic carbocycles. The number of hydrogen-bond acceptors (Lipinski definition) is 7. The average molecular weight is 905 g/mol. The summed E-state index contributed by atoms with van der Waals surface area (Å²) in [5, 5.41) is 35.5. The summed E-state index contributed by atoms with van der Waals surface area (Å²) in [5.74, 6) is 0.611. The summed E-state index contributed by atoms with van der Waals surface area (Å²) in [6.45, 7) is 20.0. The SMILES string of the molecule is Cc1cc(Cc2cn(C[C@H]3C4=C([C@H](C)C[C@@H](O)[C@H]5OC5(C)C)C(=O)C[C@]4(C)[C@@]4(C)CC[C@@H]5[C@@](C)(C[C@@H](CCCO)C(=O)[C@@]5(C)C5CCCC5)[C@H]4[C@@H]3O)c3cc[nH]c23)cc(C2CCOCC2)c1. The number of rotatable bonds is 13. The molecule has 9 heteroatoms. The summed E-state index contributed by atoms with van der Waals surface area (Å²) in [6.07, 6.45) is 14.5. The number of aliphatic hydroxyl groups is 3. The number of ketones is 2. The molecule has 2 saturated heterocycles. The highest BCUT2D eigenvalue weighted by Crippen LogP contribution is 2.76. The Morgan fingerprint density at radius 1 is 0.985 bits per heavy atom. The molecule has 4 saturated carbocycles. The molecule has 0 spiro atoms. The van der Waals surface area contributed by atoms with Crippen LogP contribution in [-0.4, -0.2) is 80.2 Å². The molecule has 5 aliphatic carbocycles. The van der Waals surface area contributed by atoms with Crippen LogP contribution in [0.5, 0.6) is 0 Å². The van der Waals surface area contributed by atoms with Crippen LogP contribution < -0.4 is 0 Å². The van der Waals surface area contributed by atoms with Crippen molar-refractivity contribution in [3.05, 3.63) is 70.1 Å². The van der Waals surface area contributed by atoms with Crippen LogP contribution in [-0.2, 0) is 32.0 Å². The first-order valence-electron chi connectivity index (χ1n) is 26.2. The van der Waals surface area contributed by atoms with E-state index in [0.717, 1.165) is 93.2 Å². The second-order valence-corrected chi connectivity index (χ2v) is 24.4. The number of benzene rings is 1. The van der Waals surface area contributed by atoms with Gasteiger partial charge in [-0.25, -0.2) is 0 Å². The summed E-state index contributed by atoms with van der Waals surface area (Å²) in [5.41, 5.74) is 7.12. The van der Waals surface area contributed by atoms with Crippen LogP contribution in [0.4, 0.5) is 0 Å². The molecule has 0 amide bonds. The third kappa shape index (κ3) is 7.23. The first kappa shape index (κ1) is 46.6. The lowest BCUT2D eigenvalue weighted by molar-refractivity contribution is -0.233. The number of carbonyl (C=O) groups is 2. The number of nitrogens with zero attached hydrogens (tertiary/aromatic N) is 1. The van der Waals surface area contributed by atoms with Gasteiger partial charge >= 0.3 is 0 Å². The molecule has 0 bridgehead atoms. The van der Waals surface area contributed by atoms with E-state index < -0.39 is 28.5 Å². The van der Waals surface area contributed by atoms with Crippen LogP contribution in [0.25, 0.3) is 11.0 Å². The Hall–Kier alpha value is -3.08. The van der Waals surface area contributed by atoms with Gasteiger partial charge in [0.15, 0.2) is 5.78 Å². The monoisotopic (exact) mass is 905 g/mol. The lowest BCUT2D eigenvalue weighted by Crippen LogP contribution is -2.69. The number of nitrogens with one attached hydrogen (secondary N) is 1. The molecular weight excluding hydrogens is 825 g/mol. The first-order chi connectivity index (χ1) is 31.4. The van der Waals surface area contributed by atoms with Crippen LogP contribution in [0.2, 0.25) is 0 Å². The Balaban J connectivity index is 1.08. The van der Waals surface area contributed by atoms with Crippen LogP contribution in [0.3, 0.4) is 0 Å². The van der Waals surface area contributed by atoms with Crippen molar-refractivity contribution in [3.63, 3.8) is 0 Å². The Bertz CT molecular complexity index is 2380. The lowest BCUT2D eigenvalue weighted by Gasteiger charge is -2.71. The molecule has 66 heavy (non-hydrogen) atoms. The largest absolute Gasteiger partial charge is 0.396 e. The first-order valence-corrected chi connectivity index (χ1v) is 26.2. The average Bonchev–Trinajstić information content (AvgIpc) is 3.85. The number of aliphatic hydroxyl groups excluding tert-OH is 3. The van der Waals surface area contributed by atoms with Crippen molar-refractivity contribution in [3.8, 4) is 0 Å². The molecule has 12 atom stereocenters. The van der Waals surface area contributed by atoms with E-state index in [4.69, 9.17) is 9.47 Å². The van der Waals surface area contributed by atoms with Crippen molar-refractivity contribution < 1.29 is 34.4 Å². The molecule has 4 N–H and O–H groups in total. The molecule has 4 heterocycles. The van der Waals surface area contributed by atoms with E-state index in [1.165, 1.54) is 22.3 Å². The Labute approximate surface area is 393 Å². The zero-order valence-corrected chi connectivity index (χ0v) is 41.4. The molecule has 2 aromatic heterocycles. The maximum absolute atomic E-state index is 15.1. The molecule has 0 radical (unpaired) electrons. The number of ether oxygens (including phenoxy) is 2. The molecule has 7 aliphatic rings. The van der Waals surface area contributed by atoms with Crippen molar-refractivity contribution in [1.29, 1.82) is 0 Å². The van der Waals surface area contributed by atoms with E-state index in [1.807, 2.05) is 20.0 Å². The number of carbonyl (C=O) groups excluding carboxylic acids is 2. The number of aromatic amines is 1. The van der Waals surface area contributed by atoms with Gasteiger partial charge in [-0.3, -0.25) is 9.59 Å². The second-order valence-electron chi connectivity index (χ2n) is 24.4. The van der Waals surface area contributed by atoms with Gasteiger partial charge in [-0.05, 0) is 159 Å². The van der Waals surface area contributed by atoms with Gasteiger partial charge < -0.3 is 34.3 Å². The van der Waals surface area contributed by atoms with Crippen molar-refractivity contribution in [2.45, 2.75) is 182 Å². The minimum absolute atomic E-state index is 0.0672. The maximum atomic E-state index is 15.1. The van der Waals surface area contributed by atoms with E-state index in [-0.39, 0.29) is 59.1 Å². The fraction of sp³-hybridized carbons (Fsp3) is 0.719. The van der Waals surface area contributed by atoms with Crippen LogP contribution >= 0.6 is 0 Å². The summed E-state index contributed by atoms with van der Waals surface area (Å²) >= 11 is 0. The van der Waals surface area contributed by atoms with Gasteiger partial charge in [0, 0.05) is 74.3 Å². The van der Waals surface area contributed by atoms with Crippen LogP contribution in [0.15, 0.2) is 47.8 Å². The zero-order valence-electron chi connectivity index (χ0n) is 41.4. The van der Waals surface area contributed by atoms with Crippen molar-refractivity contribution in [2.24, 2.45) is 57.2 Å². The van der Waals surface area contributed by atoms with E-state index >= 15 is 9.59 Å². The number of aromatic nitrogens is 2. The number of epoxide rings is 1. The Kier molecular flexibility index (Phi) is 11.9. The summed E-state index contributed by atoms with van der Waals surface area (Å²) < 4.78 is 14.0. The fourth-order valence-electron chi connectivity index (χ4n) is 17.2. The summed E-state index contributed by atoms with van der Waals surface area (Å²) in [6, 6.07) is 9.23. The molecule has 9 nitrogen and oxygen atoms in total. The van der Waals surface area contributed by atoms with Gasteiger partial charge in [0.05, 0.1) is 28.8 Å². The zero-order chi connectivity index (χ0) is 46.7. The molecule has 10 rings (SSSR count). The van der Waals surface area contributed by atoms with Gasteiger partial charge in [-0.1, -0.05) is 71.2 Å². The highest BCUT2D eigenvalue weighted by molar-refractivity contribution is 6.01. The predicted octanol–water partition coefficient (Wildman–Crippen LogP) is 10.2. The minimum atomic E-state index is -0.771. The van der Waals surface area contributed by atoms with Gasteiger partial charge in [0.2, 0.25) is 0 Å². The van der Waals surface area contributed by atoms with Crippen LogP contribution in [0, 0.1) is 64.1 Å². The summed E-state index contributed by atoms with van der Waals surface area (Å²) in [4.78, 5) is 33.7. The smallest absolute Gasteiger partial charge is 0.160 e. The third-order valence-electron chi connectivity index (χ3n) is 20.3. The van der Waals surface area contributed by atoms with Crippen molar-refractivity contribution >= 4 is 22.6 Å². The number of aryl methyl sites for hydroxylation is 1. The topological polar surface area (TPSA) is 137 Å². The number of H-pyrrole nitrogens is 1. The van der Waals surface area contributed by atoms with Crippen LogP contribution in [0.1, 0.15) is 160 Å². The third-order valence-corrected chi connectivity index (χ3v) is 20.3. The predicted molar refractivity (Wildman–Crippen MR) is 258 cm³/mol. The quantitative estimate of drug-likeness (QED) is 0.125. The normalized spacial score (nSPS) is 37.9. The van der Waals surface area contributed by atoms with E-state index in [1.54, 1.807) is 0 Å². The highest BCUT2D eigenvalue weighted by atomic mass is 16.6. The lowest BCUT2D eigenvalue weighted by atomic mass is 9.33. The molecule has 2 aliphatic heterocycles. The van der Waals surface area contributed by atoms with E-state index in [0.29, 0.717) is 56.3 Å². The minimum Gasteiger partial charge on any atom is -0.396 e. The molecule has 3 aromatic rings. The second kappa shape index (κ2) is 16.8. The maximum Gasteiger partial charge on any atom is 0.160 e. The number of Topliss-reactive ketones (excluding diaryl/α,β-unsaturated/α-hetero) is 2. The van der Waals surface area contributed by atoms with Gasteiger partial charge in [-0.2, -0.15) is 0 Å². The number of fused-ring (bicyclic) bond motifs is 6. The number of allylic oxidation sites excluding steroid dienone is 1. The Morgan fingerprint density at radius 2 is 1.71 bits per heavy atom. The van der Waals surface area contributed by atoms with Crippen molar-refractivity contribution in [1.82, 2.24) is 9.55 Å². The highest BCUT2D eigenvalue weighted by Gasteiger charge is 2.74. The van der Waals surface area contributed by atoms with Gasteiger partial charge in [0.25, 0.3) is 0 Å². The number of hydrogen-bond donors (Lipinski definition) is 4. The van der Waals surface area contributed by atoms with Gasteiger partial charge in [0.1, 0.15) is 11.9 Å². The molecule has 0 unspecified atom stereocenters. The fourth-order valence-corrected chi connectivity index (χ4v) is 17.2. The van der Waals surface area contributed by atoms with E-state index in [2.05, 4.69) is 81.6 Å². The molecule has 360 valence electrons. The van der Waals surface area contributed by atoms with Crippen molar-refractivity contribution in [2.75, 3.05) is 19.8 Å². The summed E-state index contributed by atoms with van der Waals surface area (Å²) in [7, 11) is 0. The van der Waals surface area contributed by atoms with E-state index in [9.17, 15) is 15.3 Å². The standard InChI is InChI=1S/C57H80N2O7/c1-33-24-35(27-38(25-33)36-17-22-65-23-18-36)28-39-31-59(42-16-20-58-48(39)42)32-41-47-46(34(2)26-43(61)52-53(3,4)66-52)44(62)30-56(47,7)55(6)19-15-45-54(5,50(55)49(41)63)29-37(12-11-21-60)51(64)57(45,8)40-13-9-10-14-40/h16,20,24-25,27,31,34,36-37,40-41,43,45,49-50,52,58,60-61,63H,9-15,17-19,21-23,26,28-30,32H2,1-8H3/t34-,37-,41+,43-,45-,49-,50-,52-,54-,55+,56+,57+/m1/s1. The molecular formula is C57H80N2O7. The van der Waals surface area contributed by atoms with Gasteiger partial charge in [-0.15, -0.1) is 0 Å². The Morgan fingerprint density at radius 3 is 2.41 bits per heavy atom.